The average Bonchev–Trinajstić information content (AvgIpc) is 2.07. The number of Topliss-reactive ketones (excluding diaryl/α,β-unsaturated/α-hetero) is 1. The molecule has 2 N–H and O–H groups in total. The number of rotatable bonds is 0. The Balaban J connectivity index is 3.22. The summed E-state index contributed by atoms with van der Waals surface area (Å²) in [6, 6.07) is 0. The van der Waals surface area contributed by atoms with Crippen LogP contribution < -0.4 is 0 Å². The fraction of sp³-hybridized carbons (Fsp3) is 0.286. The number of carbonyl (C=O) groups excluding carboxylic acids is 1. The minimum atomic E-state index is -0.477. The van der Waals surface area contributed by atoms with Gasteiger partial charge in [0.15, 0.2) is 5.76 Å². The van der Waals surface area contributed by atoms with E-state index in [1.54, 1.807) is 0 Å². The lowest BCUT2D eigenvalue weighted by atomic mass is 10.2. The van der Waals surface area contributed by atoms with Gasteiger partial charge in [0.05, 0.1) is 0 Å². The van der Waals surface area contributed by atoms with Gasteiger partial charge in [-0.1, -0.05) is 0 Å². The van der Waals surface area contributed by atoms with Gasteiger partial charge in [-0.25, -0.2) is 0 Å². The van der Waals surface area contributed by atoms with Gasteiger partial charge in [0, 0.05) is 11.1 Å². The highest BCUT2D eigenvalue weighted by molar-refractivity contribution is 6.10. The SMILES string of the molecule is CC1=C(O)C(=O)C(C)=C1O. The normalized spacial score (nSPS) is 19.2. The van der Waals surface area contributed by atoms with Gasteiger partial charge in [-0.15, -0.1) is 0 Å². The van der Waals surface area contributed by atoms with E-state index in [0.29, 0.717) is 0 Å². The second kappa shape index (κ2) is 1.87. The Bertz CT molecular complexity index is 232. The van der Waals surface area contributed by atoms with Crippen molar-refractivity contribution < 1.29 is 15.0 Å². The van der Waals surface area contributed by atoms with Gasteiger partial charge >= 0.3 is 0 Å². The summed E-state index contributed by atoms with van der Waals surface area (Å²) in [6.45, 7) is 2.98. The van der Waals surface area contributed by atoms with E-state index in [9.17, 15) is 4.79 Å². The molecule has 0 unspecified atom stereocenters. The Kier molecular flexibility index (Phi) is 1.28. The third-order valence-electron chi connectivity index (χ3n) is 1.62. The van der Waals surface area contributed by atoms with Crippen molar-refractivity contribution in [1.82, 2.24) is 0 Å². The molecule has 1 rings (SSSR count). The fourth-order valence-electron chi connectivity index (χ4n) is 0.849. The monoisotopic (exact) mass is 140 g/mol. The van der Waals surface area contributed by atoms with Gasteiger partial charge in [0.1, 0.15) is 5.76 Å². The van der Waals surface area contributed by atoms with Crippen LogP contribution in [0.5, 0.6) is 0 Å². The molecule has 54 valence electrons. The zero-order valence-electron chi connectivity index (χ0n) is 5.80. The highest BCUT2D eigenvalue weighted by Gasteiger charge is 2.26. The average molecular weight is 140 g/mol. The molecular weight excluding hydrogens is 132 g/mol. The van der Waals surface area contributed by atoms with E-state index >= 15 is 0 Å². The molecule has 0 aromatic carbocycles. The van der Waals surface area contributed by atoms with Crippen molar-refractivity contribution in [3.63, 3.8) is 0 Å². The lowest BCUT2D eigenvalue weighted by Gasteiger charge is -1.90. The van der Waals surface area contributed by atoms with E-state index in [-0.39, 0.29) is 22.7 Å². The Morgan fingerprint density at radius 2 is 1.50 bits per heavy atom. The van der Waals surface area contributed by atoms with Crippen LogP contribution in [0.2, 0.25) is 0 Å². The molecule has 1 aliphatic rings. The van der Waals surface area contributed by atoms with Crippen molar-refractivity contribution in [1.29, 1.82) is 0 Å². The van der Waals surface area contributed by atoms with E-state index < -0.39 is 5.78 Å². The lowest BCUT2D eigenvalue weighted by molar-refractivity contribution is -0.114. The van der Waals surface area contributed by atoms with Crippen molar-refractivity contribution in [2.24, 2.45) is 0 Å². The van der Waals surface area contributed by atoms with Gasteiger partial charge in [-0.2, -0.15) is 0 Å². The molecule has 3 heteroatoms. The number of aliphatic hydroxyl groups is 2. The smallest absolute Gasteiger partial charge is 0.227 e. The third kappa shape index (κ3) is 0.635. The molecule has 0 saturated carbocycles. The molecule has 0 aliphatic heterocycles. The Morgan fingerprint density at radius 1 is 1.00 bits per heavy atom. The number of hydrogen-bond donors (Lipinski definition) is 2. The summed E-state index contributed by atoms with van der Waals surface area (Å²) < 4.78 is 0. The van der Waals surface area contributed by atoms with Crippen LogP contribution in [0, 0.1) is 0 Å². The zero-order valence-corrected chi connectivity index (χ0v) is 5.80. The minimum Gasteiger partial charge on any atom is -0.507 e. The molecule has 0 aromatic heterocycles. The van der Waals surface area contributed by atoms with Crippen LogP contribution in [0.1, 0.15) is 13.8 Å². The molecular formula is C7H8O3. The molecule has 0 radical (unpaired) electrons. The molecule has 0 aromatic rings. The molecule has 3 nitrogen and oxygen atoms in total. The number of hydrogen-bond acceptors (Lipinski definition) is 3. The van der Waals surface area contributed by atoms with Gasteiger partial charge in [-0.05, 0) is 13.8 Å². The van der Waals surface area contributed by atoms with Gasteiger partial charge in [0.25, 0.3) is 0 Å². The van der Waals surface area contributed by atoms with Gasteiger partial charge < -0.3 is 10.2 Å². The molecule has 0 amide bonds. The van der Waals surface area contributed by atoms with Crippen LogP contribution in [-0.2, 0) is 4.79 Å². The first-order valence-corrected chi connectivity index (χ1v) is 2.90. The summed E-state index contributed by atoms with van der Waals surface area (Å²) in [5.74, 6) is -0.910. The number of allylic oxidation sites excluding steroid dienone is 2. The van der Waals surface area contributed by atoms with Crippen molar-refractivity contribution in [3.8, 4) is 0 Å². The van der Waals surface area contributed by atoms with Crippen molar-refractivity contribution in [2.45, 2.75) is 13.8 Å². The van der Waals surface area contributed by atoms with Crippen molar-refractivity contribution >= 4 is 5.78 Å². The largest absolute Gasteiger partial charge is 0.507 e. The first-order valence-electron chi connectivity index (χ1n) is 2.90. The summed E-state index contributed by atoms with van der Waals surface area (Å²) in [5.41, 5.74) is 0.484. The fourth-order valence-corrected chi connectivity index (χ4v) is 0.849. The van der Waals surface area contributed by atoms with E-state index in [0.717, 1.165) is 0 Å². The molecule has 10 heavy (non-hydrogen) atoms. The number of aliphatic hydroxyl groups excluding tert-OH is 2. The first-order chi connectivity index (χ1) is 4.55. The van der Waals surface area contributed by atoms with Crippen LogP contribution >= 0.6 is 0 Å². The van der Waals surface area contributed by atoms with Crippen LogP contribution in [0.15, 0.2) is 22.7 Å². The highest BCUT2D eigenvalue weighted by Crippen LogP contribution is 2.24. The second-order valence-electron chi connectivity index (χ2n) is 2.28. The van der Waals surface area contributed by atoms with E-state index in [2.05, 4.69) is 0 Å². The lowest BCUT2D eigenvalue weighted by Crippen LogP contribution is -1.98. The summed E-state index contributed by atoms with van der Waals surface area (Å²) in [4.78, 5) is 10.8. The molecule has 0 heterocycles. The van der Waals surface area contributed by atoms with Crippen LogP contribution in [-0.4, -0.2) is 16.0 Å². The number of ketones is 1. The number of carbonyl (C=O) groups is 1. The summed E-state index contributed by atoms with van der Waals surface area (Å²) in [5, 5.41) is 18.0. The molecule has 0 atom stereocenters. The van der Waals surface area contributed by atoms with Gasteiger partial charge in [-0.3, -0.25) is 4.79 Å². The maximum Gasteiger partial charge on any atom is 0.227 e. The molecule has 0 spiro atoms. The first kappa shape index (κ1) is 6.86. The molecule has 0 fully saturated rings. The second-order valence-corrected chi connectivity index (χ2v) is 2.28. The summed E-state index contributed by atoms with van der Waals surface area (Å²) >= 11 is 0. The third-order valence-corrected chi connectivity index (χ3v) is 1.62. The molecule has 0 saturated heterocycles. The van der Waals surface area contributed by atoms with Crippen LogP contribution in [0.25, 0.3) is 0 Å². The van der Waals surface area contributed by atoms with E-state index in [1.807, 2.05) is 0 Å². The molecule has 0 bridgehead atoms. The summed E-state index contributed by atoms with van der Waals surface area (Å²) in [6.07, 6.45) is 0. The van der Waals surface area contributed by atoms with E-state index in [4.69, 9.17) is 10.2 Å². The standard InChI is InChI=1S/C7H8O3/c1-3-5(8)4(2)7(10)6(3)9/h8H,1-2H3,(H,9,10). The maximum absolute atomic E-state index is 10.8. The predicted molar refractivity (Wildman–Crippen MR) is 35.7 cm³/mol. The topological polar surface area (TPSA) is 57.5 Å². The zero-order chi connectivity index (χ0) is 7.89. The Morgan fingerprint density at radius 3 is 1.60 bits per heavy atom. The van der Waals surface area contributed by atoms with Crippen molar-refractivity contribution in [3.05, 3.63) is 22.7 Å². The Labute approximate surface area is 58.3 Å². The predicted octanol–water partition coefficient (Wildman–Crippen LogP) is 1.23. The van der Waals surface area contributed by atoms with Crippen molar-refractivity contribution in [2.75, 3.05) is 0 Å². The maximum atomic E-state index is 10.8. The van der Waals surface area contributed by atoms with Gasteiger partial charge in [0.2, 0.25) is 5.78 Å². The van der Waals surface area contributed by atoms with Crippen LogP contribution in [0.4, 0.5) is 0 Å². The highest BCUT2D eigenvalue weighted by atomic mass is 16.3. The molecule has 1 aliphatic carbocycles. The van der Waals surface area contributed by atoms with E-state index in [1.165, 1.54) is 13.8 Å². The Hall–Kier alpha value is -1.25. The quantitative estimate of drug-likeness (QED) is 0.532. The van der Waals surface area contributed by atoms with Crippen LogP contribution in [0.3, 0.4) is 0 Å². The summed E-state index contributed by atoms with van der Waals surface area (Å²) in [7, 11) is 0. The minimum absolute atomic E-state index is 0.0949.